The van der Waals surface area contributed by atoms with Crippen molar-refractivity contribution in [2.75, 3.05) is 18.9 Å². The third-order valence-electron chi connectivity index (χ3n) is 2.49. The highest BCUT2D eigenvalue weighted by Gasteiger charge is 2.11. The molecule has 19 heavy (non-hydrogen) atoms. The molecule has 0 saturated heterocycles. The van der Waals surface area contributed by atoms with Gasteiger partial charge in [-0.1, -0.05) is 0 Å². The summed E-state index contributed by atoms with van der Waals surface area (Å²) in [6, 6.07) is 3.11. The number of benzene rings is 1. The Balaban J connectivity index is 2.64. The molecule has 0 aliphatic carbocycles. The number of anilines is 1. The molecule has 6 N–H and O–H groups in total. The first-order valence-electron chi connectivity index (χ1n) is 5.71. The fourth-order valence-electron chi connectivity index (χ4n) is 1.46. The van der Waals surface area contributed by atoms with Crippen LogP contribution >= 0.6 is 0 Å². The van der Waals surface area contributed by atoms with Crippen molar-refractivity contribution in [3.63, 3.8) is 0 Å². The summed E-state index contributed by atoms with van der Waals surface area (Å²) >= 11 is 0. The zero-order chi connectivity index (χ0) is 14.4. The molecule has 0 aliphatic heterocycles. The minimum absolute atomic E-state index is 0.217. The largest absolute Gasteiger partial charge is 0.493 e. The van der Waals surface area contributed by atoms with Crippen molar-refractivity contribution in [3.8, 4) is 5.75 Å². The number of nitrogens with two attached hydrogens (primary N) is 2. The number of nitrogen functional groups attached to an aromatic ring is 1. The molecule has 0 aromatic heterocycles. The number of rotatable bonds is 6. The fraction of sp³-hybridized carbons (Fsp3) is 0.333. The molecule has 0 heterocycles. The van der Waals surface area contributed by atoms with Crippen LogP contribution in [0.1, 0.15) is 22.3 Å². The van der Waals surface area contributed by atoms with E-state index >= 15 is 0 Å². The van der Waals surface area contributed by atoms with Gasteiger partial charge < -0.3 is 26.6 Å². The molecule has 0 fully saturated rings. The summed E-state index contributed by atoms with van der Waals surface area (Å²) in [4.78, 5) is 21.5. The molecule has 1 rings (SSSR count). The lowest BCUT2D eigenvalue weighted by Gasteiger charge is -2.12. The summed E-state index contributed by atoms with van der Waals surface area (Å²) in [5.74, 6) is -0.264. The molecule has 0 radical (unpaired) electrons. The third-order valence-corrected chi connectivity index (χ3v) is 2.49. The lowest BCUT2D eigenvalue weighted by Crippen LogP contribution is -2.23. The summed E-state index contributed by atoms with van der Waals surface area (Å²) in [7, 11) is 0. The van der Waals surface area contributed by atoms with E-state index in [0.717, 1.165) is 5.56 Å². The van der Waals surface area contributed by atoms with Gasteiger partial charge in [0.25, 0.3) is 5.91 Å². The number of primary amides is 1. The minimum Gasteiger partial charge on any atom is -0.493 e. The van der Waals surface area contributed by atoms with Crippen LogP contribution in [-0.4, -0.2) is 30.3 Å². The van der Waals surface area contributed by atoms with Crippen molar-refractivity contribution < 1.29 is 19.4 Å². The van der Waals surface area contributed by atoms with Gasteiger partial charge in [0.2, 0.25) is 0 Å². The van der Waals surface area contributed by atoms with Crippen LogP contribution in [0, 0.1) is 6.92 Å². The van der Waals surface area contributed by atoms with E-state index < -0.39 is 12.0 Å². The number of carboxylic acid groups (broad SMARTS) is 1. The van der Waals surface area contributed by atoms with E-state index in [1.54, 1.807) is 13.0 Å². The van der Waals surface area contributed by atoms with Crippen LogP contribution in [0.15, 0.2) is 12.1 Å². The highest BCUT2D eigenvalue weighted by atomic mass is 16.5. The monoisotopic (exact) mass is 267 g/mol. The maximum Gasteiger partial charge on any atom is 0.404 e. The van der Waals surface area contributed by atoms with Crippen LogP contribution < -0.4 is 21.5 Å². The molecular formula is C12H17N3O4. The topological polar surface area (TPSA) is 128 Å². The van der Waals surface area contributed by atoms with E-state index in [1.807, 2.05) is 0 Å². The molecule has 0 aliphatic rings. The predicted octanol–water partition coefficient (Wildman–Crippen LogP) is 0.713. The molecule has 104 valence electrons. The Labute approximate surface area is 110 Å². The van der Waals surface area contributed by atoms with Crippen LogP contribution in [0.5, 0.6) is 5.75 Å². The summed E-state index contributed by atoms with van der Waals surface area (Å²) in [6.07, 6.45) is -0.602. The van der Waals surface area contributed by atoms with Crippen molar-refractivity contribution in [1.82, 2.24) is 5.32 Å². The van der Waals surface area contributed by atoms with Gasteiger partial charge >= 0.3 is 6.09 Å². The zero-order valence-electron chi connectivity index (χ0n) is 10.6. The van der Waals surface area contributed by atoms with Gasteiger partial charge in [0.05, 0.1) is 12.2 Å². The third kappa shape index (κ3) is 4.38. The van der Waals surface area contributed by atoms with E-state index in [2.05, 4.69) is 5.32 Å². The summed E-state index contributed by atoms with van der Waals surface area (Å²) in [5, 5.41) is 10.6. The van der Waals surface area contributed by atoms with E-state index in [-0.39, 0.29) is 18.7 Å². The number of hydrogen-bond donors (Lipinski definition) is 4. The summed E-state index contributed by atoms with van der Waals surface area (Å²) in [6.45, 7) is 2.33. The minimum atomic E-state index is -1.08. The van der Waals surface area contributed by atoms with Crippen molar-refractivity contribution in [1.29, 1.82) is 0 Å². The van der Waals surface area contributed by atoms with Crippen LogP contribution in [-0.2, 0) is 0 Å². The second-order valence-electron chi connectivity index (χ2n) is 4.00. The number of hydrogen-bond acceptors (Lipinski definition) is 4. The molecule has 0 bridgehead atoms. The summed E-state index contributed by atoms with van der Waals surface area (Å²) < 4.78 is 5.43. The number of carbonyl (C=O) groups is 2. The number of carbonyl (C=O) groups excluding carboxylic acids is 1. The van der Waals surface area contributed by atoms with E-state index in [0.29, 0.717) is 17.9 Å². The average Bonchev–Trinajstić information content (AvgIpc) is 2.32. The van der Waals surface area contributed by atoms with Crippen molar-refractivity contribution >= 4 is 17.7 Å². The molecule has 0 unspecified atom stereocenters. The van der Waals surface area contributed by atoms with Crippen molar-refractivity contribution in [3.05, 3.63) is 23.3 Å². The Morgan fingerprint density at radius 1 is 1.42 bits per heavy atom. The van der Waals surface area contributed by atoms with Gasteiger partial charge in [-0.3, -0.25) is 4.79 Å². The van der Waals surface area contributed by atoms with Gasteiger partial charge in [-0.15, -0.1) is 0 Å². The quantitative estimate of drug-likeness (QED) is 0.446. The Hall–Kier alpha value is -2.44. The number of nitrogens with one attached hydrogen (secondary N) is 1. The van der Waals surface area contributed by atoms with Crippen molar-refractivity contribution in [2.45, 2.75) is 13.3 Å². The molecule has 2 amide bonds. The number of amides is 2. The zero-order valence-corrected chi connectivity index (χ0v) is 10.6. The van der Waals surface area contributed by atoms with Crippen LogP contribution in [0.25, 0.3) is 0 Å². The SMILES string of the molecule is Cc1cc(OCCCNC(=O)O)c(C(N)=O)cc1N. The van der Waals surface area contributed by atoms with Crippen LogP contribution in [0.2, 0.25) is 0 Å². The molecule has 0 saturated carbocycles. The van der Waals surface area contributed by atoms with Crippen molar-refractivity contribution in [2.24, 2.45) is 5.73 Å². The number of aryl methyl sites for hydroxylation is 1. The summed E-state index contributed by atoms with van der Waals surface area (Å²) in [5.41, 5.74) is 12.4. The molecule has 0 spiro atoms. The Bertz CT molecular complexity index is 488. The molecule has 1 aromatic carbocycles. The molecule has 0 atom stereocenters. The molecule has 7 nitrogen and oxygen atoms in total. The van der Waals surface area contributed by atoms with Gasteiger partial charge in [-0.05, 0) is 31.0 Å². The standard InChI is InChI=1S/C12H17N3O4/c1-7-5-10(8(11(14)16)6-9(7)13)19-4-2-3-15-12(17)18/h5-6,15H,2-4,13H2,1H3,(H2,14,16)(H,17,18). The Morgan fingerprint density at radius 3 is 2.68 bits per heavy atom. The second-order valence-corrected chi connectivity index (χ2v) is 4.00. The first kappa shape index (κ1) is 14.6. The second kappa shape index (κ2) is 6.48. The first-order chi connectivity index (χ1) is 8.91. The maximum atomic E-state index is 11.3. The lowest BCUT2D eigenvalue weighted by atomic mass is 10.1. The first-order valence-corrected chi connectivity index (χ1v) is 5.71. The Kier molecular flexibility index (Phi) is 4.99. The highest BCUT2D eigenvalue weighted by Crippen LogP contribution is 2.24. The normalized spacial score (nSPS) is 9.95. The average molecular weight is 267 g/mol. The van der Waals surface area contributed by atoms with Gasteiger partial charge in [-0.2, -0.15) is 0 Å². The maximum absolute atomic E-state index is 11.3. The predicted molar refractivity (Wildman–Crippen MR) is 70.2 cm³/mol. The van der Waals surface area contributed by atoms with E-state index in [1.165, 1.54) is 6.07 Å². The van der Waals surface area contributed by atoms with Crippen LogP contribution in [0.3, 0.4) is 0 Å². The molecule has 1 aromatic rings. The van der Waals surface area contributed by atoms with Gasteiger partial charge in [-0.25, -0.2) is 4.79 Å². The smallest absolute Gasteiger partial charge is 0.404 e. The van der Waals surface area contributed by atoms with Crippen LogP contribution in [0.4, 0.5) is 10.5 Å². The van der Waals surface area contributed by atoms with Gasteiger partial charge in [0.1, 0.15) is 5.75 Å². The van der Waals surface area contributed by atoms with Gasteiger partial charge in [0, 0.05) is 12.2 Å². The van der Waals surface area contributed by atoms with E-state index in [9.17, 15) is 9.59 Å². The van der Waals surface area contributed by atoms with E-state index in [4.69, 9.17) is 21.3 Å². The Morgan fingerprint density at radius 2 is 2.11 bits per heavy atom. The molecule has 7 heteroatoms. The lowest BCUT2D eigenvalue weighted by molar-refractivity contribution is 0.0996. The number of ether oxygens (including phenoxy) is 1. The highest BCUT2D eigenvalue weighted by molar-refractivity contribution is 5.96. The fourth-order valence-corrected chi connectivity index (χ4v) is 1.46. The van der Waals surface area contributed by atoms with Gasteiger partial charge in [0.15, 0.2) is 0 Å². The molecular weight excluding hydrogens is 250 g/mol.